The SMILES string of the molecule is CC(C(=O)Nc1nccs1)N1CCN(C(=O)N(C)C)CC1. The molecule has 3 amide bonds. The van der Waals surface area contributed by atoms with Crippen LogP contribution in [0.3, 0.4) is 0 Å². The number of carbonyl (C=O) groups is 2. The summed E-state index contributed by atoms with van der Waals surface area (Å²) in [5.41, 5.74) is 0. The molecule has 0 bridgehead atoms. The van der Waals surface area contributed by atoms with E-state index < -0.39 is 0 Å². The number of thiazole rings is 1. The number of aromatic nitrogens is 1. The van der Waals surface area contributed by atoms with Crippen molar-refractivity contribution in [2.75, 3.05) is 45.6 Å². The average molecular weight is 311 g/mol. The zero-order valence-electron chi connectivity index (χ0n) is 12.6. The van der Waals surface area contributed by atoms with Gasteiger partial charge in [-0.3, -0.25) is 9.69 Å². The number of hydrogen-bond acceptors (Lipinski definition) is 5. The summed E-state index contributed by atoms with van der Waals surface area (Å²) in [4.78, 5) is 33.5. The van der Waals surface area contributed by atoms with Crippen molar-refractivity contribution in [2.24, 2.45) is 0 Å². The summed E-state index contributed by atoms with van der Waals surface area (Å²) in [5, 5.41) is 5.25. The number of piperazine rings is 1. The molecule has 1 N–H and O–H groups in total. The number of amides is 3. The summed E-state index contributed by atoms with van der Waals surface area (Å²) in [5.74, 6) is -0.0580. The lowest BCUT2D eigenvalue weighted by Crippen LogP contribution is -2.55. The number of urea groups is 1. The molecule has 1 fully saturated rings. The Balaban J connectivity index is 1.84. The Bertz CT molecular complexity index is 483. The van der Waals surface area contributed by atoms with Gasteiger partial charge in [-0.1, -0.05) is 0 Å². The molecular formula is C13H21N5O2S. The van der Waals surface area contributed by atoms with Gasteiger partial charge in [0.25, 0.3) is 0 Å². The van der Waals surface area contributed by atoms with Crippen LogP contribution in [-0.4, -0.2) is 77.9 Å². The molecule has 1 aromatic heterocycles. The van der Waals surface area contributed by atoms with Gasteiger partial charge in [-0.25, -0.2) is 9.78 Å². The Hall–Kier alpha value is -1.67. The van der Waals surface area contributed by atoms with Crippen molar-refractivity contribution in [3.63, 3.8) is 0 Å². The Labute approximate surface area is 128 Å². The third kappa shape index (κ3) is 3.92. The molecule has 116 valence electrons. The summed E-state index contributed by atoms with van der Waals surface area (Å²) < 4.78 is 0. The van der Waals surface area contributed by atoms with Gasteiger partial charge in [0.15, 0.2) is 5.13 Å². The van der Waals surface area contributed by atoms with Gasteiger partial charge in [-0.05, 0) is 6.92 Å². The fraction of sp³-hybridized carbons (Fsp3) is 0.615. The summed E-state index contributed by atoms with van der Waals surface area (Å²) in [6.07, 6.45) is 1.66. The molecule has 2 rings (SSSR count). The first-order chi connectivity index (χ1) is 9.99. The van der Waals surface area contributed by atoms with Crippen molar-refractivity contribution in [2.45, 2.75) is 13.0 Å². The van der Waals surface area contributed by atoms with Crippen molar-refractivity contribution in [3.8, 4) is 0 Å². The molecule has 2 heterocycles. The monoisotopic (exact) mass is 311 g/mol. The lowest BCUT2D eigenvalue weighted by atomic mass is 10.2. The van der Waals surface area contributed by atoms with E-state index in [0.717, 1.165) is 0 Å². The van der Waals surface area contributed by atoms with E-state index in [1.165, 1.54) is 11.3 Å². The largest absolute Gasteiger partial charge is 0.331 e. The van der Waals surface area contributed by atoms with Crippen molar-refractivity contribution in [1.29, 1.82) is 0 Å². The van der Waals surface area contributed by atoms with Crippen molar-refractivity contribution in [1.82, 2.24) is 19.7 Å². The van der Waals surface area contributed by atoms with E-state index in [2.05, 4.69) is 15.2 Å². The van der Waals surface area contributed by atoms with E-state index in [9.17, 15) is 9.59 Å². The zero-order chi connectivity index (χ0) is 15.4. The summed E-state index contributed by atoms with van der Waals surface area (Å²) in [6.45, 7) is 4.57. The molecule has 0 saturated carbocycles. The predicted molar refractivity (Wildman–Crippen MR) is 82.4 cm³/mol. The van der Waals surface area contributed by atoms with Gasteiger partial charge >= 0.3 is 6.03 Å². The van der Waals surface area contributed by atoms with Crippen molar-refractivity contribution < 1.29 is 9.59 Å². The molecule has 0 aromatic carbocycles. The second-order valence-corrected chi connectivity index (χ2v) is 6.10. The van der Waals surface area contributed by atoms with E-state index >= 15 is 0 Å². The molecule has 1 saturated heterocycles. The van der Waals surface area contributed by atoms with Crippen LogP contribution in [0.4, 0.5) is 9.93 Å². The summed E-state index contributed by atoms with van der Waals surface area (Å²) >= 11 is 1.40. The van der Waals surface area contributed by atoms with Gasteiger partial charge in [-0.15, -0.1) is 11.3 Å². The lowest BCUT2D eigenvalue weighted by Gasteiger charge is -2.38. The summed E-state index contributed by atoms with van der Waals surface area (Å²) in [7, 11) is 3.50. The van der Waals surface area contributed by atoms with Gasteiger partial charge in [0.2, 0.25) is 5.91 Å². The number of nitrogens with zero attached hydrogens (tertiary/aromatic N) is 4. The van der Waals surface area contributed by atoms with E-state index in [1.807, 2.05) is 17.2 Å². The van der Waals surface area contributed by atoms with Gasteiger partial charge in [0.1, 0.15) is 0 Å². The van der Waals surface area contributed by atoms with Crippen LogP contribution in [0.15, 0.2) is 11.6 Å². The quantitative estimate of drug-likeness (QED) is 0.895. The minimum atomic E-state index is -0.231. The lowest BCUT2D eigenvalue weighted by molar-refractivity contribution is -0.121. The molecule has 1 atom stereocenters. The maximum Gasteiger partial charge on any atom is 0.319 e. The van der Waals surface area contributed by atoms with Crippen molar-refractivity contribution in [3.05, 3.63) is 11.6 Å². The molecule has 8 heteroatoms. The molecule has 1 aliphatic rings. The first-order valence-electron chi connectivity index (χ1n) is 6.89. The molecule has 0 radical (unpaired) electrons. The van der Waals surface area contributed by atoms with Gasteiger partial charge in [0, 0.05) is 51.9 Å². The number of anilines is 1. The smallest absolute Gasteiger partial charge is 0.319 e. The maximum absolute atomic E-state index is 12.2. The van der Waals surface area contributed by atoms with Crippen molar-refractivity contribution >= 4 is 28.4 Å². The topological polar surface area (TPSA) is 68.8 Å². The van der Waals surface area contributed by atoms with Crippen LogP contribution in [-0.2, 0) is 4.79 Å². The third-order valence-electron chi connectivity index (χ3n) is 3.56. The molecule has 21 heavy (non-hydrogen) atoms. The van der Waals surface area contributed by atoms with Crippen LogP contribution >= 0.6 is 11.3 Å². The Morgan fingerprint density at radius 3 is 2.52 bits per heavy atom. The highest BCUT2D eigenvalue weighted by Crippen LogP contribution is 2.13. The van der Waals surface area contributed by atoms with E-state index in [0.29, 0.717) is 31.3 Å². The standard InChI is InChI=1S/C13H21N5O2S/c1-10(11(19)15-12-14-4-9-21-12)17-5-7-18(8-6-17)13(20)16(2)3/h4,9-10H,5-8H2,1-3H3,(H,14,15,19). The first-order valence-corrected chi connectivity index (χ1v) is 7.77. The molecular weight excluding hydrogens is 290 g/mol. The Morgan fingerprint density at radius 1 is 1.33 bits per heavy atom. The minimum absolute atomic E-state index is 0.0227. The van der Waals surface area contributed by atoms with Crippen LogP contribution in [0.2, 0.25) is 0 Å². The van der Waals surface area contributed by atoms with E-state index in [4.69, 9.17) is 0 Å². The van der Waals surface area contributed by atoms with Crippen LogP contribution < -0.4 is 5.32 Å². The van der Waals surface area contributed by atoms with Gasteiger partial charge < -0.3 is 15.1 Å². The van der Waals surface area contributed by atoms with Crippen LogP contribution in [0, 0.1) is 0 Å². The van der Waals surface area contributed by atoms with Crippen LogP contribution in [0.25, 0.3) is 0 Å². The fourth-order valence-corrected chi connectivity index (χ4v) is 2.78. The number of carbonyl (C=O) groups excluding carboxylic acids is 2. The average Bonchev–Trinajstić information content (AvgIpc) is 2.98. The highest BCUT2D eigenvalue weighted by atomic mass is 32.1. The number of nitrogens with one attached hydrogen (secondary N) is 1. The highest BCUT2D eigenvalue weighted by Gasteiger charge is 2.28. The van der Waals surface area contributed by atoms with E-state index in [-0.39, 0.29) is 18.0 Å². The molecule has 1 aromatic rings. The maximum atomic E-state index is 12.2. The minimum Gasteiger partial charge on any atom is -0.331 e. The first kappa shape index (κ1) is 15.7. The van der Waals surface area contributed by atoms with E-state index in [1.54, 1.807) is 25.2 Å². The van der Waals surface area contributed by atoms with Gasteiger partial charge in [0.05, 0.1) is 6.04 Å². The second-order valence-electron chi connectivity index (χ2n) is 5.20. The second kappa shape index (κ2) is 6.86. The molecule has 1 unspecified atom stereocenters. The fourth-order valence-electron chi connectivity index (χ4n) is 2.24. The van der Waals surface area contributed by atoms with Gasteiger partial charge in [-0.2, -0.15) is 0 Å². The number of hydrogen-bond donors (Lipinski definition) is 1. The zero-order valence-corrected chi connectivity index (χ0v) is 13.4. The Morgan fingerprint density at radius 2 is 2.00 bits per heavy atom. The van der Waals surface area contributed by atoms with Crippen LogP contribution in [0.1, 0.15) is 6.92 Å². The predicted octanol–water partition coefficient (Wildman–Crippen LogP) is 0.769. The summed E-state index contributed by atoms with van der Waals surface area (Å²) in [6, 6.07) is -0.208. The molecule has 1 aliphatic heterocycles. The molecule has 0 aliphatic carbocycles. The van der Waals surface area contributed by atoms with Crippen LogP contribution in [0.5, 0.6) is 0 Å². The normalized spacial score (nSPS) is 17.4. The molecule has 7 nitrogen and oxygen atoms in total. The molecule has 0 spiro atoms. The number of rotatable bonds is 3. The Kier molecular flexibility index (Phi) is 5.13. The third-order valence-corrected chi connectivity index (χ3v) is 4.25. The highest BCUT2D eigenvalue weighted by molar-refractivity contribution is 7.13.